The van der Waals surface area contributed by atoms with Gasteiger partial charge in [-0.25, -0.2) is 4.79 Å². The lowest BCUT2D eigenvalue weighted by Gasteiger charge is -2.23. The van der Waals surface area contributed by atoms with Crippen LogP contribution in [-0.4, -0.2) is 48.0 Å². The van der Waals surface area contributed by atoms with E-state index in [1.54, 1.807) is 18.0 Å². The summed E-state index contributed by atoms with van der Waals surface area (Å²) in [5, 5.41) is 0. The van der Waals surface area contributed by atoms with E-state index in [9.17, 15) is 9.59 Å². The molecule has 0 saturated carbocycles. The molecule has 2 rings (SSSR count). The smallest absolute Gasteiger partial charge is 0.410 e. The summed E-state index contributed by atoms with van der Waals surface area (Å²) in [5.41, 5.74) is 0.922. The molecule has 1 aromatic rings. The van der Waals surface area contributed by atoms with Crippen LogP contribution in [-0.2, 0) is 16.1 Å². The molecule has 1 aliphatic rings. The summed E-state index contributed by atoms with van der Waals surface area (Å²) in [6, 6.07) is 9.03. The average Bonchev–Trinajstić information content (AvgIpc) is 2.87. The number of carbonyl (C=O) groups is 2. The van der Waals surface area contributed by atoms with E-state index in [1.165, 1.54) is 4.90 Å². The number of amides is 2. The van der Waals surface area contributed by atoms with E-state index >= 15 is 0 Å². The van der Waals surface area contributed by atoms with E-state index in [1.807, 2.05) is 30.3 Å². The first-order valence-electron chi connectivity index (χ1n) is 6.96. The van der Waals surface area contributed by atoms with Gasteiger partial charge >= 0.3 is 6.09 Å². The third kappa shape index (κ3) is 3.62. The summed E-state index contributed by atoms with van der Waals surface area (Å²) in [5.74, 6) is -0.0472. The van der Waals surface area contributed by atoms with Gasteiger partial charge in [-0.05, 0) is 12.0 Å². The summed E-state index contributed by atoms with van der Waals surface area (Å²) in [6.45, 7) is 5.00. The molecule has 2 amide bonds. The second-order valence-electron chi connectivity index (χ2n) is 5.03. The van der Waals surface area contributed by atoms with Crippen LogP contribution in [0.5, 0.6) is 0 Å². The Balaban J connectivity index is 1.88. The van der Waals surface area contributed by atoms with Crippen LogP contribution in [0.25, 0.3) is 0 Å². The maximum Gasteiger partial charge on any atom is 0.410 e. The lowest BCUT2D eigenvalue weighted by molar-refractivity contribution is -0.131. The summed E-state index contributed by atoms with van der Waals surface area (Å²) in [7, 11) is 1.60. The Labute approximate surface area is 124 Å². The van der Waals surface area contributed by atoms with Crippen molar-refractivity contribution in [1.82, 2.24) is 9.80 Å². The number of nitrogens with zero attached hydrogens (tertiary/aromatic N) is 2. The molecule has 1 fully saturated rings. The van der Waals surface area contributed by atoms with E-state index in [0.717, 1.165) is 5.56 Å². The largest absolute Gasteiger partial charge is 0.445 e. The van der Waals surface area contributed by atoms with Gasteiger partial charge in [0.2, 0.25) is 5.91 Å². The van der Waals surface area contributed by atoms with Crippen LogP contribution < -0.4 is 0 Å². The second kappa shape index (κ2) is 6.92. The van der Waals surface area contributed by atoms with Crippen molar-refractivity contribution in [2.45, 2.75) is 19.1 Å². The van der Waals surface area contributed by atoms with Crippen molar-refractivity contribution >= 4 is 12.0 Å². The highest BCUT2D eigenvalue weighted by Crippen LogP contribution is 2.17. The maximum absolute atomic E-state index is 12.1. The predicted molar refractivity (Wildman–Crippen MR) is 79.6 cm³/mol. The Hall–Kier alpha value is -2.30. The number of carbonyl (C=O) groups excluding carboxylic acids is 2. The van der Waals surface area contributed by atoms with Crippen LogP contribution in [0.1, 0.15) is 12.0 Å². The number of rotatable bonds is 5. The number of likely N-dealkylation sites (tertiary alicyclic amines) is 1. The molecule has 1 unspecified atom stereocenters. The highest BCUT2D eigenvalue weighted by atomic mass is 16.6. The van der Waals surface area contributed by atoms with Crippen molar-refractivity contribution in [2.24, 2.45) is 0 Å². The summed E-state index contributed by atoms with van der Waals surface area (Å²) in [6.07, 6.45) is 1.84. The van der Waals surface area contributed by atoms with Crippen LogP contribution in [0, 0.1) is 0 Å². The van der Waals surface area contributed by atoms with Gasteiger partial charge in [0, 0.05) is 20.1 Å². The Kier molecular flexibility index (Phi) is 4.98. The molecule has 0 N–H and O–H groups in total. The van der Waals surface area contributed by atoms with Gasteiger partial charge in [0.1, 0.15) is 12.6 Å². The zero-order valence-electron chi connectivity index (χ0n) is 12.2. The lowest BCUT2D eigenvalue weighted by atomic mass is 10.2. The molecule has 21 heavy (non-hydrogen) atoms. The standard InChI is InChI=1S/C16H20N2O3/c1-3-10-18-11-9-14(15(18)19)17(2)16(20)21-12-13-7-5-4-6-8-13/h3-8,14H,1,9-12H2,2H3. The molecule has 1 saturated heterocycles. The zero-order valence-corrected chi connectivity index (χ0v) is 12.2. The highest BCUT2D eigenvalue weighted by molar-refractivity contribution is 5.87. The van der Waals surface area contributed by atoms with E-state index in [4.69, 9.17) is 4.74 Å². The van der Waals surface area contributed by atoms with Crippen molar-refractivity contribution in [1.29, 1.82) is 0 Å². The molecule has 0 radical (unpaired) electrons. The summed E-state index contributed by atoms with van der Waals surface area (Å²) < 4.78 is 5.24. The maximum atomic E-state index is 12.1. The Morgan fingerprint density at radius 2 is 2.19 bits per heavy atom. The fourth-order valence-electron chi connectivity index (χ4n) is 2.37. The predicted octanol–water partition coefficient (Wildman–Crippen LogP) is 2.04. The minimum absolute atomic E-state index is 0.0472. The minimum Gasteiger partial charge on any atom is -0.445 e. The Morgan fingerprint density at radius 1 is 1.48 bits per heavy atom. The monoisotopic (exact) mass is 288 g/mol. The van der Waals surface area contributed by atoms with Crippen molar-refractivity contribution in [3.8, 4) is 0 Å². The molecule has 1 heterocycles. The fraction of sp³-hybridized carbons (Fsp3) is 0.375. The summed E-state index contributed by atoms with van der Waals surface area (Å²) in [4.78, 5) is 27.2. The molecular formula is C16H20N2O3. The second-order valence-corrected chi connectivity index (χ2v) is 5.03. The molecule has 5 heteroatoms. The molecule has 0 spiro atoms. The third-order valence-corrected chi connectivity index (χ3v) is 3.58. The van der Waals surface area contributed by atoms with Gasteiger partial charge in [0.25, 0.3) is 0 Å². The topological polar surface area (TPSA) is 49.9 Å². The van der Waals surface area contributed by atoms with Gasteiger partial charge in [-0.1, -0.05) is 36.4 Å². The molecule has 1 aromatic carbocycles. The molecule has 0 aliphatic carbocycles. The summed E-state index contributed by atoms with van der Waals surface area (Å²) >= 11 is 0. The molecule has 1 aliphatic heterocycles. The lowest BCUT2D eigenvalue weighted by Crippen LogP contribution is -2.43. The van der Waals surface area contributed by atoms with Gasteiger partial charge < -0.3 is 9.64 Å². The minimum atomic E-state index is -0.474. The SMILES string of the molecule is C=CCN1CCC(N(C)C(=O)OCc2ccccc2)C1=O. The molecule has 0 bridgehead atoms. The van der Waals surface area contributed by atoms with E-state index in [2.05, 4.69) is 6.58 Å². The molecule has 112 valence electrons. The average molecular weight is 288 g/mol. The van der Waals surface area contributed by atoms with Crippen molar-refractivity contribution in [3.05, 3.63) is 48.6 Å². The first kappa shape index (κ1) is 15.1. The van der Waals surface area contributed by atoms with Gasteiger partial charge in [-0.2, -0.15) is 0 Å². The van der Waals surface area contributed by atoms with Crippen LogP contribution in [0.3, 0.4) is 0 Å². The molecule has 5 nitrogen and oxygen atoms in total. The first-order chi connectivity index (χ1) is 10.1. The number of benzene rings is 1. The number of hydrogen-bond acceptors (Lipinski definition) is 3. The quantitative estimate of drug-likeness (QED) is 0.779. The van der Waals surface area contributed by atoms with Gasteiger partial charge in [-0.3, -0.25) is 9.69 Å². The van der Waals surface area contributed by atoms with Gasteiger partial charge in [0.05, 0.1) is 0 Å². The molecule has 1 atom stereocenters. The van der Waals surface area contributed by atoms with E-state index < -0.39 is 12.1 Å². The van der Waals surface area contributed by atoms with Crippen molar-refractivity contribution in [3.63, 3.8) is 0 Å². The number of hydrogen-bond donors (Lipinski definition) is 0. The molecule has 0 aromatic heterocycles. The Bertz CT molecular complexity index is 516. The first-order valence-corrected chi connectivity index (χ1v) is 6.96. The normalized spacial score (nSPS) is 17.7. The van der Waals surface area contributed by atoms with Crippen LogP contribution in [0.2, 0.25) is 0 Å². The van der Waals surface area contributed by atoms with Crippen LogP contribution in [0.15, 0.2) is 43.0 Å². The van der Waals surface area contributed by atoms with Crippen molar-refractivity contribution in [2.75, 3.05) is 20.1 Å². The Morgan fingerprint density at radius 3 is 2.86 bits per heavy atom. The van der Waals surface area contributed by atoms with Gasteiger partial charge in [0.15, 0.2) is 0 Å². The number of likely N-dealkylation sites (N-methyl/N-ethyl adjacent to an activating group) is 1. The van der Waals surface area contributed by atoms with Crippen LogP contribution in [0.4, 0.5) is 4.79 Å². The van der Waals surface area contributed by atoms with E-state index in [-0.39, 0.29) is 12.5 Å². The van der Waals surface area contributed by atoms with E-state index in [0.29, 0.717) is 19.5 Å². The third-order valence-electron chi connectivity index (χ3n) is 3.58. The fourth-order valence-corrected chi connectivity index (χ4v) is 2.37. The number of ether oxygens (including phenoxy) is 1. The van der Waals surface area contributed by atoms with Crippen LogP contribution >= 0.6 is 0 Å². The highest BCUT2D eigenvalue weighted by Gasteiger charge is 2.36. The zero-order chi connectivity index (χ0) is 15.2. The molecular weight excluding hydrogens is 268 g/mol. The van der Waals surface area contributed by atoms with Gasteiger partial charge in [-0.15, -0.1) is 6.58 Å². The van der Waals surface area contributed by atoms with Crippen molar-refractivity contribution < 1.29 is 14.3 Å².